The van der Waals surface area contributed by atoms with Gasteiger partial charge in [0.2, 0.25) is 0 Å². The Morgan fingerprint density at radius 2 is 2.45 bits per heavy atom. The van der Waals surface area contributed by atoms with Crippen LogP contribution in [0.3, 0.4) is 0 Å². The van der Waals surface area contributed by atoms with Crippen LogP contribution < -0.4 is 5.11 Å². The Morgan fingerprint density at radius 3 is 2.91 bits per heavy atom. The van der Waals surface area contributed by atoms with E-state index in [1.807, 2.05) is 13.0 Å². The first-order valence-corrected chi connectivity index (χ1v) is 4.98. The van der Waals surface area contributed by atoms with Gasteiger partial charge in [-0.3, -0.25) is 0 Å². The van der Waals surface area contributed by atoms with Gasteiger partial charge in [0.15, 0.2) is 0 Å². The summed E-state index contributed by atoms with van der Waals surface area (Å²) in [5, 5.41) is 10.3. The number of carboxylic acids is 1. The molecule has 0 spiro atoms. The summed E-state index contributed by atoms with van der Waals surface area (Å²) in [5.74, 6) is -0.120. The molecule has 0 aliphatic carbocycles. The first-order valence-electron chi connectivity index (χ1n) is 3.18. The largest absolute Gasteiger partial charge is 0.544 e. The number of carbonyl (C=O) groups excluding carboxylic acids is 1. The van der Waals surface area contributed by atoms with E-state index in [9.17, 15) is 9.90 Å². The number of aromatic carboxylic acids is 1. The van der Waals surface area contributed by atoms with Crippen LogP contribution >= 0.6 is 23.1 Å². The fourth-order valence-corrected chi connectivity index (χ4v) is 2.53. The average Bonchev–Trinajstić information content (AvgIpc) is 2.37. The Bertz CT molecular complexity index is 255. The average molecular weight is 187 g/mol. The molecule has 60 valence electrons. The van der Waals surface area contributed by atoms with Crippen molar-refractivity contribution in [1.29, 1.82) is 0 Å². The smallest absolute Gasteiger partial charge is 0.0815 e. The number of hydrogen-bond acceptors (Lipinski definition) is 4. The molecule has 11 heavy (non-hydrogen) atoms. The molecular weight excluding hydrogens is 180 g/mol. The summed E-state index contributed by atoms with van der Waals surface area (Å²) in [4.78, 5) is 10.6. The Hall–Kier alpha value is -0.480. The third-order valence-corrected chi connectivity index (χ3v) is 3.24. The molecule has 0 fully saturated rings. The maximum Gasteiger partial charge on any atom is 0.0815 e. The van der Waals surface area contributed by atoms with Crippen molar-refractivity contribution in [2.75, 3.05) is 5.75 Å². The summed E-state index contributed by atoms with van der Waals surface area (Å²) in [6.07, 6.45) is 0. The summed E-state index contributed by atoms with van der Waals surface area (Å²) < 4.78 is 1.03. The zero-order valence-corrected chi connectivity index (χ0v) is 7.63. The van der Waals surface area contributed by atoms with E-state index in [4.69, 9.17) is 0 Å². The second-order valence-electron chi connectivity index (χ2n) is 1.84. The van der Waals surface area contributed by atoms with Crippen LogP contribution in [0.5, 0.6) is 0 Å². The summed E-state index contributed by atoms with van der Waals surface area (Å²) in [5.41, 5.74) is 0. The Kier molecular flexibility index (Phi) is 2.96. The minimum atomic E-state index is -1.09. The second-order valence-corrected chi connectivity index (χ2v) is 4.49. The van der Waals surface area contributed by atoms with Gasteiger partial charge in [0, 0.05) is 0 Å². The molecule has 4 heteroatoms. The van der Waals surface area contributed by atoms with Crippen LogP contribution in [0.1, 0.15) is 16.6 Å². The molecule has 0 aliphatic rings. The predicted octanol–water partition coefficient (Wildman–Crippen LogP) is 1.22. The third kappa shape index (κ3) is 2.24. The molecule has 0 saturated carbocycles. The van der Waals surface area contributed by atoms with Crippen molar-refractivity contribution in [3.05, 3.63) is 17.0 Å². The van der Waals surface area contributed by atoms with Gasteiger partial charge in [-0.15, -0.1) is 23.1 Å². The molecule has 2 nitrogen and oxygen atoms in total. The lowest BCUT2D eigenvalue weighted by Gasteiger charge is -1.93. The van der Waals surface area contributed by atoms with Gasteiger partial charge >= 0.3 is 0 Å². The molecule has 0 aromatic carbocycles. The standard InChI is InChI=1S/C7H8O2S2/c1-2-10-6-4-3-5(11-6)7(8)9/h3-4H,2H2,1H3,(H,8,9)/p-1. The summed E-state index contributed by atoms with van der Waals surface area (Å²) >= 11 is 2.91. The normalized spacial score (nSPS) is 9.91. The minimum absolute atomic E-state index is 0.306. The highest BCUT2D eigenvalue weighted by molar-refractivity contribution is 8.01. The number of hydrogen-bond donors (Lipinski definition) is 0. The van der Waals surface area contributed by atoms with Crippen molar-refractivity contribution < 1.29 is 9.90 Å². The van der Waals surface area contributed by atoms with Crippen molar-refractivity contribution in [3.8, 4) is 0 Å². The Morgan fingerprint density at radius 1 is 1.73 bits per heavy atom. The number of thiophene rings is 1. The molecular formula is C7H7O2S2-. The number of rotatable bonds is 3. The van der Waals surface area contributed by atoms with E-state index < -0.39 is 5.97 Å². The van der Waals surface area contributed by atoms with E-state index in [0.717, 1.165) is 9.96 Å². The Labute approximate surface area is 73.2 Å². The SMILES string of the molecule is CCSc1ccc(C(=O)[O-])s1. The van der Waals surface area contributed by atoms with E-state index in [-0.39, 0.29) is 0 Å². The van der Waals surface area contributed by atoms with Crippen molar-refractivity contribution in [2.45, 2.75) is 11.1 Å². The van der Waals surface area contributed by atoms with Crippen LogP contribution in [0, 0.1) is 0 Å². The molecule has 0 amide bonds. The summed E-state index contributed by atoms with van der Waals surface area (Å²) in [7, 11) is 0. The van der Waals surface area contributed by atoms with Crippen LogP contribution in [0.2, 0.25) is 0 Å². The zero-order valence-electron chi connectivity index (χ0n) is 5.99. The lowest BCUT2D eigenvalue weighted by molar-refractivity contribution is -0.254. The minimum Gasteiger partial charge on any atom is -0.544 e. The van der Waals surface area contributed by atoms with Gasteiger partial charge in [-0.1, -0.05) is 6.92 Å². The number of carbonyl (C=O) groups is 1. The fraction of sp³-hybridized carbons (Fsp3) is 0.286. The highest BCUT2D eigenvalue weighted by Gasteiger charge is 1.99. The molecule has 0 atom stereocenters. The molecule has 1 aromatic rings. The van der Waals surface area contributed by atoms with Crippen LogP contribution in [0.4, 0.5) is 0 Å². The first-order chi connectivity index (χ1) is 5.24. The van der Waals surface area contributed by atoms with Crippen molar-refractivity contribution in [1.82, 2.24) is 0 Å². The van der Waals surface area contributed by atoms with Crippen LogP contribution in [-0.4, -0.2) is 11.7 Å². The van der Waals surface area contributed by atoms with Crippen LogP contribution in [0.15, 0.2) is 16.3 Å². The molecule has 1 rings (SSSR count). The zero-order chi connectivity index (χ0) is 8.27. The molecule has 0 aliphatic heterocycles. The molecule has 1 aromatic heterocycles. The first kappa shape index (κ1) is 8.62. The van der Waals surface area contributed by atoms with E-state index in [1.165, 1.54) is 11.3 Å². The topological polar surface area (TPSA) is 40.1 Å². The molecule has 0 N–H and O–H groups in total. The second kappa shape index (κ2) is 3.78. The van der Waals surface area contributed by atoms with Crippen LogP contribution in [0.25, 0.3) is 0 Å². The van der Waals surface area contributed by atoms with Crippen molar-refractivity contribution in [3.63, 3.8) is 0 Å². The van der Waals surface area contributed by atoms with Gasteiger partial charge in [-0.05, 0) is 17.9 Å². The molecule has 0 bridgehead atoms. The van der Waals surface area contributed by atoms with Gasteiger partial charge in [0.05, 0.1) is 15.1 Å². The molecule has 0 unspecified atom stereocenters. The van der Waals surface area contributed by atoms with Crippen LogP contribution in [-0.2, 0) is 0 Å². The lowest BCUT2D eigenvalue weighted by atomic mass is 10.5. The quantitative estimate of drug-likeness (QED) is 0.668. The summed E-state index contributed by atoms with van der Waals surface area (Å²) in [6.45, 7) is 2.03. The molecule has 0 saturated heterocycles. The lowest BCUT2D eigenvalue weighted by Crippen LogP contribution is -2.20. The maximum atomic E-state index is 10.3. The number of thioether (sulfide) groups is 1. The van der Waals surface area contributed by atoms with E-state index in [2.05, 4.69) is 0 Å². The van der Waals surface area contributed by atoms with Gasteiger partial charge < -0.3 is 9.90 Å². The molecule has 0 radical (unpaired) electrons. The van der Waals surface area contributed by atoms with Gasteiger partial charge in [-0.2, -0.15) is 0 Å². The van der Waals surface area contributed by atoms with Gasteiger partial charge in [0.1, 0.15) is 0 Å². The van der Waals surface area contributed by atoms with Crippen molar-refractivity contribution in [2.24, 2.45) is 0 Å². The highest BCUT2D eigenvalue weighted by Crippen LogP contribution is 2.26. The Balaban J connectivity index is 2.73. The predicted molar refractivity (Wildman–Crippen MR) is 45.0 cm³/mol. The van der Waals surface area contributed by atoms with E-state index in [0.29, 0.717) is 4.88 Å². The summed E-state index contributed by atoms with van der Waals surface area (Å²) in [6, 6.07) is 3.39. The van der Waals surface area contributed by atoms with E-state index >= 15 is 0 Å². The monoisotopic (exact) mass is 187 g/mol. The van der Waals surface area contributed by atoms with Gasteiger partial charge in [0.25, 0.3) is 0 Å². The van der Waals surface area contributed by atoms with Crippen molar-refractivity contribution >= 4 is 29.1 Å². The molecule has 1 heterocycles. The van der Waals surface area contributed by atoms with E-state index in [1.54, 1.807) is 17.8 Å². The highest BCUT2D eigenvalue weighted by atomic mass is 32.2. The van der Waals surface area contributed by atoms with Gasteiger partial charge in [-0.25, -0.2) is 0 Å². The third-order valence-electron chi connectivity index (χ3n) is 1.07. The maximum absolute atomic E-state index is 10.3. The fourth-order valence-electron chi connectivity index (χ4n) is 0.650. The number of carboxylic acid groups (broad SMARTS) is 1.